The van der Waals surface area contributed by atoms with E-state index in [1.54, 1.807) is 18.2 Å². The molecular formula is C25H33F2N7O3. The summed E-state index contributed by atoms with van der Waals surface area (Å²) in [6.45, 7) is 0.677. The maximum absolute atomic E-state index is 14.5. The maximum Gasteiger partial charge on any atom is 0.341 e. The molecule has 0 bridgehead atoms. The summed E-state index contributed by atoms with van der Waals surface area (Å²) in [5.41, 5.74) is 1.09. The van der Waals surface area contributed by atoms with E-state index in [0.29, 0.717) is 23.5 Å². The van der Waals surface area contributed by atoms with Crippen LogP contribution in [0.4, 0.5) is 31.9 Å². The van der Waals surface area contributed by atoms with Crippen LogP contribution in [-0.2, 0) is 4.79 Å². The highest BCUT2D eigenvalue weighted by molar-refractivity contribution is 6.00. The third-order valence-corrected chi connectivity index (χ3v) is 6.53. The highest BCUT2D eigenvalue weighted by Crippen LogP contribution is 2.38. The van der Waals surface area contributed by atoms with Crippen LogP contribution in [-0.4, -0.2) is 79.5 Å². The highest BCUT2D eigenvalue weighted by Gasteiger charge is 2.46. The lowest BCUT2D eigenvalue weighted by atomic mass is 10.1. The van der Waals surface area contributed by atoms with Crippen molar-refractivity contribution in [2.75, 3.05) is 56.4 Å². The molecule has 1 fully saturated rings. The molecule has 0 radical (unpaired) electrons. The number of rotatable bonds is 9. The molecule has 200 valence electrons. The quantitative estimate of drug-likeness (QED) is 0.435. The smallest absolute Gasteiger partial charge is 0.341 e. The Bertz CT molecular complexity index is 1140. The monoisotopic (exact) mass is 517 g/mol. The number of nitrogens with one attached hydrogen (secondary N) is 3. The van der Waals surface area contributed by atoms with E-state index in [9.17, 15) is 18.4 Å². The number of halogens is 2. The fraction of sp³-hybridized carbons (Fsp3) is 0.520. The molecule has 10 nitrogen and oxygen atoms in total. The summed E-state index contributed by atoms with van der Waals surface area (Å²) in [5, 5.41) is 8.22. The summed E-state index contributed by atoms with van der Waals surface area (Å²) in [7, 11) is 5.43. The number of carbonyl (C=O) groups excluding carboxylic acids is 2. The Morgan fingerprint density at radius 1 is 1.30 bits per heavy atom. The van der Waals surface area contributed by atoms with Gasteiger partial charge in [-0.2, -0.15) is 13.8 Å². The minimum absolute atomic E-state index is 0.134. The van der Waals surface area contributed by atoms with Gasteiger partial charge in [0.25, 0.3) is 11.8 Å². The first-order valence-electron chi connectivity index (χ1n) is 12.4. The third kappa shape index (κ3) is 6.24. The van der Waals surface area contributed by atoms with Gasteiger partial charge >= 0.3 is 5.92 Å². The van der Waals surface area contributed by atoms with Gasteiger partial charge < -0.3 is 30.5 Å². The number of methoxy groups -OCH3 is 1. The molecule has 4 rings (SSSR count). The van der Waals surface area contributed by atoms with Crippen molar-refractivity contribution >= 4 is 35.0 Å². The van der Waals surface area contributed by atoms with Crippen molar-refractivity contribution in [1.82, 2.24) is 20.2 Å². The number of hydrogen-bond donors (Lipinski definition) is 3. The molecule has 2 aromatic rings. The number of hydrogen-bond acceptors (Lipinski definition) is 8. The first-order chi connectivity index (χ1) is 17.7. The molecule has 0 atom stereocenters. The number of ether oxygens (including phenoxy) is 1. The predicted molar refractivity (Wildman–Crippen MR) is 137 cm³/mol. The Labute approximate surface area is 214 Å². The lowest BCUT2D eigenvalue weighted by Gasteiger charge is -2.31. The Morgan fingerprint density at radius 3 is 2.76 bits per heavy atom. The van der Waals surface area contributed by atoms with E-state index in [4.69, 9.17) is 4.74 Å². The number of carbonyl (C=O) groups is 2. The summed E-state index contributed by atoms with van der Waals surface area (Å²) in [5.74, 6) is -4.33. The molecule has 1 aromatic carbocycles. The van der Waals surface area contributed by atoms with Crippen LogP contribution in [0, 0.1) is 0 Å². The molecule has 0 unspecified atom stereocenters. The molecule has 3 N–H and O–H groups in total. The molecular weight excluding hydrogens is 484 g/mol. The average molecular weight is 518 g/mol. The summed E-state index contributed by atoms with van der Waals surface area (Å²) < 4.78 is 34.6. The van der Waals surface area contributed by atoms with Gasteiger partial charge in [0.15, 0.2) is 5.82 Å². The standard InChI is InChI=1S/C25H33F2N7O3/c1-33(2)12-6-11-28-22(35)16-9-10-18(20(13-16)37-3)31-24-29-14-19-21(32-24)34(17-7-4-5-8-17)15-25(26,27)23(36)30-19/h9-10,13-14,17H,4-8,11-12,15H2,1-3H3,(H,28,35)(H,30,36)(H,29,31,32). The van der Waals surface area contributed by atoms with Gasteiger partial charge in [-0.15, -0.1) is 0 Å². The van der Waals surface area contributed by atoms with Crippen LogP contribution in [0.1, 0.15) is 42.5 Å². The van der Waals surface area contributed by atoms with Gasteiger partial charge in [-0.25, -0.2) is 4.98 Å². The summed E-state index contributed by atoms with van der Waals surface area (Å²) >= 11 is 0. The number of fused-ring (bicyclic) bond motifs is 1. The summed E-state index contributed by atoms with van der Waals surface area (Å²) in [6, 6.07) is 4.80. The van der Waals surface area contributed by atoms with Crippen molar-refractivity contribution in [2.24, 2.45) is 0 Å². The second kappa shape index (κ2) is 11.2. The van der Waals surface area contributed by atoms with Gasteiger partial charge in [-0.1, -0.05) is 12.8 Å². The molecule has 2 aliphatic rings. The van der Waals surface area contributed by atoms with E-state index < -0.39 is 18.4 Å². The lowest BCUT2D eigenvalue weighted by molar-refractivity contribution is -0.138. The van der Waals surface area contributed by atoms with Crippen LogP contribution in [0.2, 0.25) is 0 Å². The van der Waals surface area contributed by atoms with E-state index in [1.165, 1.54) is 18.2 Å². The average Bonchev–Trinajstić information content (AvgIpc) is 3.38. The van der Waals surface area contributed by atoms with Gasteiger partial charge in [-0.05, 0) is 58.1 Å². The van der Waals surface area contributed by atoms with Crippen molar-refractivity contribution in [2.45, 2.75) is 44.1 Å². The second-order valence-electron chi connectivity index (χ2n) is 9.61. The van der Waals surface area contributed by atoms with Crippen LogP contribution in [0.25, 0.3) is 0 Å². The lowest BCUT2D eigenvalue weighted by Crippen LogP contribution is -2.46. The van der Waals surface area contributed by atoms with Crippen molar-refractivity contribution in [3.63, 3.8) is 0 Å². The second-order valence-corrected chi connectivity index (χ2v) is 9.61. The van der Waals surface area contributed by atoms with Gasteiger partial charge in [-0.3, -0.25) is 9.59 Å². The molecule has 0 saturated heterocycles. The fourth-order valence-electron chi connectivity index (χ4n) is 4.59. The Morgan fingerprint density at radius 2 is 2.05 bits per heavy atom. The van der Waals surface area contributed by atoms with Crippen LogP contribution < -0.4 is 25.6 Å². The normalized spacial score (nSPS) is 17.2. The molecule has 1 saturated carbocycles. The number of nitrogens with zero attached hydrogens (tertiary/aromatic N) is 4. The largest absolute Gasteiger partial charge is 0.495 e. The molecule has 1 aliphatic carbocycles. The molecule has 2 heterocycles. The summed E-state index contributed by atoms with van der Waals surface area (Å²) in [6.07, 6.45) is 5.54. The van der Waals surface area contributed by atoms with Crippen molar-refractivity contribution < 1.29 is 23.1 Å². The highest BCUT2D eigenvalue weighted by atomic mass is 19.3. The van der Waals surface area contributed by atoms with Crippen molar-refractivity contribution in [3.05, 3.63) is 30.0 Å². The molecule has 1 aliphatic heterocycles. The molecule has 2 amide bonds. The molecule has 0 spiro atoms. The molecule has 12 heteroatoms. The SMILES string of the molecule is COc1cc(C(=O)NCCCN(C)C)ccc1Nc1ncc2c(n1)N(C1CCCC1)CC(F)(F)C(=O)N2. The minimum atomic E-state index is -3.55. The number of aromatic nitrogens is 2. The first-order valence-corrected chi connectivity index (χ1v) is 12.4. The minimum Gasteiger partial charge on any atom is -0.495 e. The van der Waals surface area contributed by atoms with E-state index in [2.05, 4.69) is 25.9 Å². The van der Waals surface area contributed by atoms with E-state index in [-0.39, 0.29) is 29.4 Å². The summed E-state index contributed by atoms with van der Waals surface area (Å²) in [4.78, 5) is 36.9. The van der Waals surface area contributed by atoms with Crippen LogP contribution in [0.3, 0.4) is 0 Å². The number of benzene rings is 1. The number of anilines is 4. The Hall–Kier alpha value is -3.54. The van der Waals surface area contributed by atoms with Crippen LogP contribution in [0.5, 0.6) is 5.75 Å². The van der Waals surface area contributed by atoms with E-state index in [1.807, 2.05) is 19.0 Å². The zero-order chi connectivity index (χ0) is 26.6. The van der Waals surface area contributed by atoms with Gasteiger partial charge in [0, 0.05) is 18.2 Å². The van der Waals surface area contributed by atoms with Gasteiger partial charge in [0.2, 0.25) is 5.95 Å². The fourth-order valence-corrected chi connectivity index (χ4v) is 4.59. The van der Waals surface area contributed by atoms with E-state index in [0.717, 1.165) is 38.6 Å². The van der Waals surface area contributed by atoms with Crippen molar-refractivity contribution in [3.8, 4) is 5.75 Å². The molecule has 1 aromatic heterocycles. The Kier molecular flexibility index (Phi) is 8.06. The van der Waals surface area contributed by atoms with Crippen LogP contribution >= 0.6 is 0 Å². The van der Waals surface area contributed by atoms with E-state index >= 15 is 0 Å². The number of amides is 2. The van der Waals surface area contributed by atoms with Gasteiger partial charge in [0.1, 0.15) is 11.4 Å². The van der Waals surface area contributed by atoms with Crippen molar-refractivity contribution in [1.29, 1.82) is 0 Å². The zero-order valence-corrected chi connectivity index (χ0v) is 21.3. The topological polar surface area (TPSA) is 112 Å². The maximum atomic E-state index is 14.5. The third-order valence-electron chi connectivity index (χ3n) is 6.53. The predicted octanol–water partition coefficient (Wildman–Crippen LogP) is 3.25. The molecule has 37 heavy (non-hydrogen) atoms. The van der Waals surface area contributed by atoms with Crippen LogP contribution in [0.15, 0.2) is 24.4 Å². The Balaban J connectivity index is 1.54. The zero-order valence-electron chi connectivity index (χ0n) is 21.3. The van der Waals surface area contributed by atoms with Gasteiger partial charge in [0.05, 0.1) is 25.5 Å². The number of alkyl halides is 2. The first kappa shape index (κ1) is 26.5.